The fourth-order valence-corrected chi connectivity index (χ4v) is 14.8. The third-order valence-corrected chi connectivity index (χ3v) is 19.0. The monoisotopic (exact) mass is 1010 g/mol. The van der Waals surface area contributed by atoms with E-state index in [1.54, 1.807) is 12.1 Å². The van der Waals surface area contributed by atoms with Gasteiger partial charge in [0.25, 0.3) is 5.91 Å². The molecule has 3 saturated carbocycles. The summed E-state index contributed by atoms with van der Waals surface area (Å²) in [4.78, 5) is 75.6. The molecule has 6 bridgehead atoms. The highest BCUT2D eigenvalue weighted by atomic mass is 32.1. The molecule has 5 aliphatic heterocycles. The molecule has 3 amide bonds. The molecule has 8 heterocycles. The third kappa shape index (κ3) is 9.43. The van der Waals surface area contributed by atoms with E-state index in [1.165, 1.54) is 37.0 Å². The van der Waals surface area contributed by atoms with Gasteiger partial charge >= 0.3 is 5.97 Å². The summed E-state index contributed by atoms with van der Waals surface area (Å²) in [5.74, 6) is 0.443. The van der Waals surface area contributed by atoms with Crippen LogP contribution in [0.3, 0.4) is 0 Å². The minimum Gasteiger partial charge on any atom is -0.464 e. The first-order valence-electron chi connectivity index (χ1n) is 27.8. The second-order valence-corrected chi connectivity index (χ2v) is 24.9. The van der Waals surface area contributed by atoms with Gasteiger partial charge in [-0.1, -0.05) is 32.8 Å². The number of esters is 1. The van der Waals surface area contributed by atoms with E-state index in [0.717, 1.165) is 121 Å². The van der Waals surface area contributed by atoms with Gasteiger partial charge in [0, 0.05) is 103 Å². The Labute approximate surface area is 434 Å². The minimum absolute atomic E-state index is 0.0283. The molecule has 2 N–H and O–H groups in total. The van der Waals surface area contributed by atoms with Gasteiger partial charge in [-0.15, -0.1) is 11.3 Å². The van der Waals surface area contributed by atoms with Gasteiger partial charge in [-0.3, -0.25) is 39.0 Å². The number of hydrogen-bond donors (Lipinski definition) is 2. The van der Waals surface area contributed by atoms with Gasteiger partial charge in [0.15, 0.2) is 0 Å². The third-order valence-electron chi connectivity index (χ3n) is 18.1. The average molecular weight is 1010 g/mol. The lowest BCUT2D eigenvalue weighted by Crippen LogP contribution is -2.62. The van der Waals surface area contributed by atoms with Gasteiger partial charge in [-0.2, -0.15) is 0 Å². The van der Waals surface area contributed by atoms with Crippen LogP contribution in [0.5, 0.6) is 0 Å². The first kappa shape index (κ1) is 49.2. The summed E-state index contributed by atoms with van der Waals surface area (Å²) in [6.07, 6.45) is 14.6. The topological polar surface area (TPSA) is 154 Å². The first-order chi connectivity index (χ1) is 35.3. The van der Waals surface area contributed by atoms with Gasteiger partial charge in [0.1, 0.15) is 18.1 Å². The number of pyridine rings is 1. The smallest absolute Gasteiger partial charge is 0.324 e. The fourth-order valence-electron chi connectivity index (χ4n) is 13.9. The van der Waals surface area contributed by atoms with E-state index in [0.29, 0.717) is 49.7 Å². The summed E-state index contributed by atoms with van der Waals surface area (Å²) >= 11 is 1.51. The molecule has 4 aromatic rings. The van der Waals surface area contributed by atoms with Crippen LogP contribution < -0.4 is 10.7 Å². The van der Waals surface area contributed by atoms with Crippen LogP contribution in [0.15, 0.2) is 41.9 Å². The number of hydrazine groups is 1. The predicted molar refractivity (Wildman–Crippen MR) is 280 cm³/mol. The highest BCUT2D eigenvalue weighted by Crippen LogP contribution is 2.53. The lowest BCUT2D eigenvalue weighted by molar-refractivity contribution is -0.155. The standard InChI is InChI=1S/C57H75N9O6S/c1-6-64-45-20-17-37-27-40(45)41(50(64)39-13-9-23-58-47(39)34(2)71-5)29-56(3,4)33-72-55(70)42-14-10-24-65(61-42)53(68)43(28-46-59-44(37)30-73-46)60-52(67)49(35-11-7-8-12-35)62-25-21-57(31-62)22-26-63(32-57)54(69)51-48(36-15-16-36)66(51)38-18-19-38/h9,13,17,20,23,27,30,34-36,38,42-43,48-49,51,61H,6-8,10-12,14-16,18-19,21-22,24-26,28-29,31-33H2,1-5H3,(H,60,67)/t34-,42-,43-,48+,49-,51+,57-,66?/m0/s1. The largest absolute Gasteiger partial charge is 0.464 e. The Hall–Kier alpha value is -4.74. The number of thiazole rings is 1. The number of aromatic nitrogens is 3. The van der Waals surface area contributed by atoms with Gasteiger partial charge < -0.3 is 24.3 Å². The predicted octanol–water partition coefficient (Wildman–Crippen LogP) is 7.31. The van der Waals surface area contributed by atoms with E-state index < -0.39 is 23.5 Å². The molecular formula is C57H75N9O6S. The van der Waals surface area contributed by atoms with Crippen molar-refractivity contribution >= 4 is 45.9 Å². The first-order valence-corrected chi connectivity index (χ1v) is 28.6. The normalized spacial score (nSPS) is 29.7. The Morgan fingerprint density at radius 3 is 2.58 bits per heavy atom. The number of rotatable bonds is 11. The molecule has 12 rings (SSSR count). The van der Waals surface area contributed by atoms with Crippen molar-refractivity contribution in [2.45, 2.75) is 166 Å². The zero-order valence-corrected chi connectivity index (χ0v) is 44.4. The highest BCUT2D eigenvalue weighted by Gasteiger charge is 2.64. The van der Waals surface area contributed by atoms with Gasteiger partial charge in [0.2, 0.25) is 11.8 Å². The van der Waals surface area contributed by atoms with Crippen LogP contribution in [0.1, 0.15) is 127 Å². The second-order valence-electron chi connectivity index (χ2n) is 23.9. The molecule has 15 nitrogen and oxygen atoms in total. The van der Waals surface area contributed by atoms with Crippen molar-refractivity contribution in [3.63, 3.8) is 0 Å². The lowest BCUT2D eigenvalue weighted by atomic mass is 9.84. The number of cyclic esters (lactones) is 1. The molecule has 390 valence electrons. The van der Waals surface area contributed by atoms with Crippen molar-refractivity contribution in [1.29, 1.82) is 0 Å². The van der Waals surface area contributed by atoms with E-state index >= 15 is 4.79 Å². The Bertz CT molecular complexity index is 2760. The number of likely N-dealkylation sites (tertiary alicyclic amines) is 2. The fraction of sp³-hybridized carbons (Fsp3) is 0.649. The summed E-state index contributed by atoms with van der Waals surface area (Å²) in [5, 5.41) is 8.81. The Balaban J connectivity index is 0.843. The number of hydrogen-bond acceptors (Lipinski definition) is 12. The zero-order valence-electron chi connectivity index (χ0n) is 43.6. The molecule has 3 aliphatic carbocycles. The molecule has 16 heteroatoms. The number of ether oxygens (including phenoxy) is 2. The van der Waals surface area contributed by atoms with Crippen LogP contribution in [0.4, 0.5) is 0 Å². The SMILES string of the molecule is CCn1c(-c2cccnc2[C@H](C)OC)c2c3cc(ccc31)-c1csc(n1)C[C@H](NC(=O)[C@H](C1CCCC1)N1CC[C@]3(CCN(C(=O)[C@H]4[C@@H](C5CC5)N4C4CC4)C3)C1)C(=O)N1CCC[C@H](N1)C(=O)OCC(C)(C)C2. The van der Waals surface area contributed by atoms with E-state index in [1.807, 2.05) is 19.2 Å². The van der Waals surface area contributed by atoms with Crippen LogP contribution in [-0.4, -0.2) is 141 Å². The van der Waals surface area contributed by atoms with Crippen LogP contribution in [-0.2, 0) is 48.0 Å². The minimum atomic E-state index is -0.919. The number of carbonyl (C=O) groups excluding carboxylic acids is 4. The van der Waals surface area contributed by atoms with E-state index in [2.05, 4.69) is 80.4 Å². The highest BCUT2D eigenvalue weighted by molar-refractivity contribution is 7.10. The maximum atomic E-state index is 15.2. The molecule has 73 heavy (non-hydrogen) atoms. The zero-order chi connectivity index (χ0) is 50.3. The number of amides is 3. The summed E-state index contributed by atoms with van der Waals surface area (Å²) in [6, 6.07) is 9.79. The molecule has 4 saturated heterocycles. The number of aryl methyl sites for hydroxylation is 1. The van der Waals surface area contributed by atoms with Crippen molar-refractivity contribution < 1.29 is 28.7 Å². The molecule has 8 aliphatic rings. The Kier molecular flexibility index (Phi) is 13.1. The summed E-state index contributed by atoms with van der Waals surface area (Å²) in [5.41, 5.74) is 9.72. The molecule has 0 radical (unpaired) electrons. The van der Waals surface area contributed by atoms with E-state index in [4.69, 9.17) is 19.4 Å². The quantitative estimate of drug-likeness (QED) is 0.115. The summed E-state index contributed by atoms with van der Waals surface area (Å²) in [6.45, 7) is 12.9. The number of nitrogens with zero attached hydrogens (tertiary/aromatic N) is 7. The lowest BCUT2D eigenvalue weighted by Gasteiger charge is -2.37. The van der Waals surface area contributed by atoms with Crippen molar-refractivity contribution in [1.82, 2.24) is 45.0 Å². The van der Waals surface area contributed by atoms with Crippen molar-refractivity contribution in [2.24, 2.45) is 22.7 Å². The number of fused-ring (bicyclic) bond motifs is 6. The number of carbonyl (C=O) groups is 4. The maximum absolute atomic E-state index is 15.2. The molecule has 1 unspecified atom stereocenters. The molecule has 1 aromatic carbocycles. The number of methoxy groups -OCH3 is 1. The van der Waals surface area contributed by atoms with Crippen molar-refractivity contribution in [3.05, 3.63) is 58.2 Å². The molecule has 8 atom stereocenters. The van der Waals surface area contributed by atoms with Crippen LogP contribution in [0, 0.1) is 22.7 Å². The maximum Gasteiger partial charge on any atom is 0.324 e. The molecular weight excluding hydrogens is 939 g/mol. The van der Waals surface area contributed by atoms with Crippen LogP contribution in [0.2, 0.25) is 0 Å². The number of benzene rings is 1. The second kappa shape index (κ2) is 19.4. The van der Waals surface area contributed by atoms with Crippen molar-refractivity contribution in [3.8, 4) is 22.5 Å². The van der Waals surface area contributed by atoms with Crippen LogP contribution >= 0.6 is 11.3 Å². The molecule has 7 fully saturated rings. The van der Waals surface area contributed by atoms with Crippen molar-refractivity contribution in [2.75, 3.05) is 46.4 Å². The van der Waals surface area contributed by atoms with Gasteiger partial charge in [-0.25, -0.2) is 10.4 Å². The Morgan fingerprint density at radius 1 is 1.00 bits per heavy atom. The molecule has 3 aromatic heterocycles. The van der Waals surface area contributed by atoms with E-state index in [-0.39, 0.29) is 54.4 Å². The summed E-state index contributed by atoms with van der Waals surface area (Å²) < 4.78 is 14.4. The average Bonchev–Trinajstić information content (AvgIpc) is 4.34. The van der Waals surface area contributed by atoms with Gasteiger partial charge in [-0.05, 0) is 133 Å². The van der Waals surface area contributed by atoms with E-state index in [9.17, 15) is 14.4 Å². The Morgan fingerprint density at radius 2 is 1.81 bits per heavy atom. The molecule has 1 spiro atoms. The van der Waals surface area contributed by atoms with Gasteiger partial charge in [0.05, 0.1) is 40.8 Å². The van der Waals surface area contributed by atoms with Crippen LogP contribution in [0.25, 0.3) is 33.4 Å². The number of nitrogens with one attached hydrogen (secondary N) is 2. The summed E-state index contributed by atoms with van der Waals surface area (Å²) in [7, 11) is 1.71.